The third-order valence-corrected chi connectivity index (χ3v) is 5.50. The zero-order valence-electron chi connectivity index (χ0n) is 16.4. The fourth-order valence-electron chi connectivity index (χ4n) is 3.87. The maximum atomic E-state index is 12.7. The van der Waals surface area contributed by atoms with E-state index in [-0.39, 0.29) is 23.0 Å². The van der Waals surface area contributed by atoms with Crippen LogP contribution in [0.5, 0.6) is 0 Å². The van der Waals surface area contributed by atoms with Crippen LogP contribution in [0, 0.1) is 6.07 Å². The number of aromatic nitrogens is 2. The van der Waals surface area contributed by atoms with Gasteiger partial charge in [0.2, 0.25) is 0 Å². The monoisotopic (exact) mass is 452 g/mol. The number of rotatable bonds is 4. The van der Waals surface area contributed by atoms with E-state index in [1.54, 1.807) is 0 Å². The first-order chi connectivity index (χ1) is 14.6. The van der Waals surface area contributed by atoms with E-state index in [0.29, 0.717) is 36.4 Å². The Bertz CT molecular complexity index is 1360. The van der Waals surface area contributed by atoms with Crippen LogP contribution in [0.3, 0.4) is 0 Å². The standard InChI is InChI=1S/C23H17N4O3.Mn/c28-21-10-20(22(21)29)27-8-7-15-6-5-14(9-16(15)13-27)11-24-23(30)18-12-25-26-19-4-2-1-3-17(18)19;/h1-6,9,12H,7-8,11,13H2,(H,24,30);/q-1;. The first kappa shape index (κ1) is 20.9. The number of hydrogen-bond acceptors (Lipinski definition) is 6. The minimum absolute atomic E-state index is 0. The summed E-state index contributed by atoms with van der Waals surface area (Å²) in [5.74, 6) is -0.209. The summed E-state index contributed by atoms with van der Waals surface area (Å²) in [5.41, 5.74) is 3.79. The quantitative estimate of drug-likeness (QED) is 0.287. The molecule has 155 valence electrons. The van der Waals surface area contributed by atoms with Gasteiger partial charge in [-0.2, -0.15) is 10.2 Å². The summed E-state index contributed by atoms with van der Waals surface area (Å²) in [7, 11) is 0. The van der Waals surface area contributed by atoms with Gasteiger partial charge in [-0.3, -0.25) is 4.79 Å². The van der Waals surface area contributed by atoms with Gasteiger partial charge in [0.15, 0.2) is 0 Å². The Hall–Kier alpha value is -3.35. The maximum Gasteiger partial charge on any atom is 0.253 e. The molecule has 1 N–H and O–H groups in total. The summed E-state index contributed by atoms with van der Waals surface area (Å²) in [6.07, 6.45) is 2.27. The van der Waals surface area contributed by atoms with Gasteiger partial charge < -0.3 is 19.8 Å². The van der Waals surface area contributed by atoms with Crippen LogP contribution in [0.1, 0.15) is 27.0 Å². The molecule has 3 aromatic carbocycles. The molecular weight excluding hydrogens is 435 g/mol. The van der Waals surface area contributed by atoms with Crippen LogP contribution in [-0.2, 0) is 36.6 Å². The smallest absolute Gasteiger partial charge is 0.253 e. The number of nitrogens with one attached hydrogen (secondary N) is 1. The van der Waals surface area contributed by atoms with E-state index in [4.69, 9.17) is 0 Å². The van der Waals surface area contributed by atoms with Crippen LogP contribution in [0.25, 0.3) is 10.9 Å². The zero-order chi connectivity index (χ0) is 20.7. The topological polar surface area (TPSA) is 92.3 Å². The fourth-order valence-corrected chi connectivity index (χ4v) is 3.87. The van der Waals surface area contributed by atoms with Crippen molar-refractivity contribution in [3.05, 3.63) is 97.4 Å². The van der Waals surface area contributed by atoms with Gasteiger partial charge >= 0.3 is 0 Å². The molecule has 0 fully saturated rings. The molecule has 1 amide bonds. The second-order valence-electron chi connectivity index (χ2n) is 7.36. The van der Waals surface area contributed by atoms with Gasteiger partial charge in [-0.1, -0.05) is 36.4 Å². The van der Waals surface area contributed by atoms with Crippen molar-refractivity contribution in [1.29, 1.82) is 0 Å². The van der Waals surface area contributed by atoms with Crippen LogP contribution >= 0.6 is 0 Å². The number of benzene rings is 2. The van der Waals surface area contributed by atoms with Gasteiger partial charge in [0.1, 0.15) is 10.9 Å². The summed E-state index contributed by atoms with van der Waals surface area (Å²) in [6.45, 7) is 1.61. The number of carbonyl (C=O) groups excluding carboxylic acids is 1. The predicted octanol–water partition coefficient (Wildman–Crippen LogP) is 1.52. The van der Waals surface area contributed by atoms with Crippen LogP contribution in [0.4, 0.5) is 5.69 Å². The average Bonchev–Trinajstić information content (AvgIpc) is 2.79. The number of carbonyl (C=O) groups is 1. The number of nitrogens with zero attached hydrogens (tertiary/aromatic N) is 3. The molecule has 0 aliphatic carbocycles. The normalized spacial score (nSPS) is 13.0. The van der Waals surface area contributed by atoms with E-state index in [1.165, 1.54) is 11.8 Å². The van der Waals surface area contributed by atoms with Crippen molar-refractivity contribution < 1.29 is 21.9 Å². The van der Waals surface area contributed by atoms with Crippen LogP contribution in [-0.4, -0.2) is 22.6 Å². The van der Waals surface area contributed by atoms with E-state index in [2.05, 4.69) is 27.6 Å². The molecule has 8 heteroatoms. The number of hydrogen-bond donors (Lipinski definition) is 1. The summed E-state index contributed by atoms with van der Waals surface area (Å²) < 4.78 is 0. The summed E-state index contributed by atoms with van der Waals surface area (Å²) in [6, 6.07) is 16.1. The van der Waals surface area contributed by atoms with E-state index >= 15 is 0 Å². The Morgan fingerprint density at radius 3 is 2.77 bits per heavy atom. The van der Waals surface area contributed by atoms with Crippen LogP contribution in [0.2, 0.25) is 0 Å². The van der Waals surface area contributed by atoms with Crippen molar-refractivity contribution in [2.45, 2.75) is 19.5 Å². The van der Waals surface area contributed by atoms with Crippen molar-refractivity contribution >= 4 is 22.5 Å². The second-order valence-corrected chi connectivity index (χ2v) is 7.36. The third-order valence-electron chi connectivity index (χ3n) is 5.50. The van der Waals surface area contributed by atoms with Gasteiger partial charge in [0.05, 0.1) is 17.3 Å². The number of fused-ring (bicyclic) bond motifs is 2. The molecule has 1 aliphatic rings. The molecule has 0 saturated heterocycles. The Labute approximate surface area is 188 Å². The molecule has 0 atom stereocenters. The molecular formula is C23H17MnN4O3-. The first-order valence-corrected chi connectivity index (χ1v) is 9.67. The molecule has 0 spiro atoms. The van der Waals surface area contributed by atoms with E-state index < -0.39 is 10.9 Å². The van der Waals surface area contributed by atoms with Crippen molar-refractivity contribution in [1.82, 2.24) is 15.5 Å². The predicted molar refractivity (Wildman–Crippen MR) is 112 cm³/mol. The number of anilines is 1. The average molecular weight is 452 g/mol. The van der Waals surface area contributed by atoms with E-state index in [0.717, 1.165) is 22.9 Å². The van der Waals surface area contributed by atoms with Crippen LogP contribution < -0.4 is 21.1 Å². The molecule has 1 radical (unpaired) electrons. The SMILES string of the molecule is O=C(NCc1ccc2c(c1)CN(c1[c-]c(=O)c1=O)CC2)c1cnnc2ccccc12.[Mn]. The maximum absolute atomic E-state index is 12.7. The second kappa shape index (κ2) is 8.41. The summed E-state index contributed by atoms with van der Waals surface area (Å²) in [4.78, 5) is 37.5. The van der Waals surface area contributed by atoms with Crippen molar-refractivity contribution in [2.24, 2.45) is 0 Å². The molecule has 0 unspecified atom stereocenters. The first-order valence-electron chi connectivity index (χ1n) is 9.67. The van der Waals surface area contributed by atoms with Gasteiger partial charge in [-0.25, -0.2) is 0 Å². The molecule has 0 bridgehead atoms. The molecule has 1 aromatic heterocycles. The molecule has 5 rings (SSSR count). The van der Waals surface area contributed by atoms with E-state index in [9.17, 15) is 14.4 Å². The third kappa shape index (κ3) is 3.87. The largest absolute Gasteiger partial charge is 0.385 e. The Morgan fingerprint density at radius 1 is 1.13 bits per heavy atom. The molecule has 2 heterocycles. The molecule has 0 saturated carbocycles. The van der Waals surface area contributed by atoms with E-state index in [1.807, 2.05) is 41.3 Å². The Balaban J connectivity index is 0.00000231. The van der Waals surface area contributed by atoms with Gasteiger partial charge in [-0.15, -0.1) is 6.07 Å². The van der Waals surface area contributed by atoms with Crippen molar-refractivity contribution in [3.63, 3.8) is 0 Å². The Kier molecular flexibility index (Phi) is 5.67. The van der Waals surface area contributed by atoms with Gasteiger partial charge in [0, 0.05) is 42.1 Å². The van der Waals surface area contributed by atoms with Crippen molar-refractivity contribution in [2.75, 3.05) is 11.4 Å². The number of amides is 1. The zero-order valence-corrected chi connectivity index (χ0v) is 17.6. The van der Waals surface area contributed by atoms with Crippen LogP contribution in [0.15, 0.2) is 58.3 Å². The minimum Gasteiger partial charge on any atom is -0.385 e. The molecule has 1 aliphatic heterocycles. The minimum atomic E-state index is -0.551. The van der Waals surface area contributed by atoms with Gasteiger partial charge in [0.25, 0.3) is 5.91 Å². The van der Waals surface area contributed by atoms with Crippen molar-refractivity contribution in [3.8, 4) is 0 Å². The molecule has 31 heavy (non-hydrogen) atoms. The molecule has 7 nitrogen and oxygen atoms in total. The fraction of sp³-hybridized carbons (Fsp3) is 0.174. The Morgan fingerprint density at radius 2 is 1.97 bits per heavy atom. The summed E-state index contributed by atoms with van der Waals surface area (Å²) >= 11 is 0. The summed E-state index contributed by atoms with van der Waals surface area (Å²) in [5, 5.41) is 11.7. The molecule has 4 aromatic rings. The van der Waals surface area contributed by atoms with Gasteiger partial charge in [-0.05, 0) is 34.9 Å².